The van der Waals surface area contributed by atoms with Gasteiger partial charge in [0, 0.05) is 50.2 Å². The molecule has 216 valence electrons. The number of carboxylic acids is 2. The number of nitrogens with zero attached hydrogens (tertiary/aromatic N) is 3. The van der Waals surface area contributed by atoms with Gasteiger partial charge >= 0.3 is 11.9 Å². The Hall–Kier alpha value is -3.44. The molecule has 0 saturated carbocycles. The Morgan fingerprint density at radius 1 is 1.05 bits per heavy atom. The Balaban J connectivity index is 0.000000482. The predicted molar refractivity (Wildman–Crippen MR) is 152 cm³/mol. The van der Waals surface area contributed by atoms with Gasteiger partial charge in [-0.25, -0.2) is 23.4 Å². The van der Waals surface area contributed by atoms with Crippen molar-refractivity contribution >= 4 is 34.6 Å². The zero-order chi connectivity index (χ0) is 28.9. The van der Waals surface area contributed by atoms with Crippen molar-refractivity contribution in [1.29, 1.82) is 0 Å². The number of hydrogen-bond donors (Lipinski definition) is 2. The minimum absolute atomic E-state index is 0.388. The predicted octanol–water partition coefficient (Wildman–Crippen LogP) is 5.56. The average molecular weight is 576 g/mol. The van der Waals surface area contributed by atoms with E-state index >= 15 is 0 Å². The highest BCUT2D eigenvalue weighted by molar-refractivity contribution is 8.13. The van der Waals surface area contributed by atoms with Crippen LogP contribution in [-0.2, 0) is 15.3 Å². The van der Waals surface area contributed by atoms with Crippen molar-refractivity contribution in [2.45, 2.75) is 43.9 Å². The molecule has 2 aromatic rings. The highest BCUT2D eigenvalue weighted by Gasteiger charge is 2.26. The minimum atomic E-state index is -1.26. The number of piperidine rings is 1. The van der Waals surface area contributed by atoms with E-state index in [-0.39, 0.29) is 0 Å². The molecular formula is C29H35F2N3O5S. The molecule has 2 aromatic carbocycles. The van der Waals surface area contributed by atoms with Gasteiger partial charge < -0.3 is 24.7 Å². The lowest BCUT2D eigenvalue weighted by molar-refractivity contribution is -0.134. The van der Waals surface area contributed by atoms with Gasteiger partial charge in [0.1, 0.15) is 5.75 Å². The fourth-order valence-corrected chi connectivity index (χ4v) is 5.44. The molecule has 1 saturated heterocycles. The summed E-state index contributed by atoms with van der Waals surface area (Å²) in [5, 5.41) is 16.8. The standard InChI is InChI=1S/C25H31F2N3OS.C4H4O4/c1-29(25-28-24-8-4-3-7-19(24)18-32-25)20-11-14-30(15-12-20)13-5-2-6-16-31-21-9-10-22(26)23(27)17-21;5-3(6)1-2-4(7)8/h3-4,7-10,17,20H,2,5-6,11-16,18H2,1H3;1-2H,(H,5,6)(H,7,8). The van der Waals surface area contributed by atoms with Crippen LogP contribution in [0, 0.1) is 11.6 Å². The Morgan fingerprint density at radius 2 is 1.75 bits per heavy atom. The van der Waals surface area contributed by atoms with E-state index in [0.29, 0.717) is 30.6 Å². The number of carboxylic acid groups (broad SMARTS) is 2. The Morgan fingerprint density at radius 3 is 2.42 bits per heavy atom. The summed E-state index contributed by atoms with van der Waals surface area (Å²) in [5.41, 5.74) is 2.43. The molecule has 0 spiro atoms. The van der Waals surface area contributed by atoms with Crippen molar-refractivity contribution < 1.29 is 33.3 Å². The highest BCUT2D eigenvalue weighted by Crippen LogP contribution is 2.33. The molecule has 0 bridgehead atoms. The molecule has 4 rings (SSSR count). The normalized spacial score (nSPS) is 15.5. The number of halogens is 2. The molecule has 8 nitrogen and oxygen atoms in total. The van der Waals surface area contributed by atoms with E-state index in [1.54, 1.807) is 0 Å². The van der Waals surface area contributed by atoms with Crippen LogP contribution < -0.4 is 4.74 Å². The summed E-state index contributed by atoms with van der Waals surface area (Å²) < 4.78 is 31.6. The summed E-state index contributed by atoms with van der Waals surface area (Å²) in [4.78, 5) is 28.9. The molecule has 0 amide bonds. The number of para-hydroxylation sites is 1. The Kier molecular flexibility index (Phi) is 12.4. The maximum Gasteiger partial charge on any atom is 0.328 e. The lowest BCUT2D eigenvalue weighted by atomic mass is 10.0. The minimum Gasteiger partial charge on any atom is -0.493 e. The molecule has 1 fully saturated rings. The van der Waals surface area contributed by atoms with Crippen molar-refractivity contribution in [3.63, 3.8) is 0 Å². The average Bonchev–Trinajstić information content (AvgIpc) is 2.95. The second-order valence-corrected chi connectivity index (χ2v) is 10.4. The SMILES string of the molecule is CN(C1=Nc2ccccc2CS1)C1CCN(CCCCCOc2ccc(F)c(F)c2)CC1.O=C(O)C=CC(=O)O. The summed E-state index contributed by atoms with van der Waals surface area (Å²) in [6.45, 7) is 3.87. The number of fused-ring (bicyclic) bond motifs is 1. The van der Waals surface area contributed by atoms with Crippen LogP contribution >= 0.6 is 11.8 Å². The number of thioether (sulfide) groups is 1. The smallest absolute Gasteiger partial charge is 0.328 e. The van der Waals surface area contributed by atoms with Crippen LogP contribution in [0.1, 0.15) is 37.7 Å². The van der Waals surface area contributed by atoms with Gasteiger partial charge in [0.2, 0.25) is 0 Å². The second kappa shape index (κ2) is 16.0. The molecular weight excluding hydrogens is 540 g/mol. The number of amidine groups is 1. The number of carbonyl (C=O) groups is 2. The molecule has 2 heterocycles. The number of likely N-dealkylation sites (tertiary alicyclic amines) is 1. The van der Waals surface area contributed by atoms with Crippen molar-refractivity contribution in [1.82, 2.24) is 9.80 Å². The monoisotopic (exact) mass is 575 g/mol. The van der Waals surface area contributed by atoms with Crippen LogP contribution in [0.4, 0.5) is 14.5 Å². The van der Waals surface area contributed by atoms with Gasteiger partial charge in [0.25, 0.3) is 0 Å². The van der Waals surface area contributed by atoms with E-state index in [0.717, 1.165) is 80.5 Å². The van der Waals surface area contributed by atoms with Crippen LogP contribution in [0.25, 0.3) is 0 Å². The number of unbranched alkanes of at least 4 members (excludes halogenated alkanes) is 2. The van der Waals surface area contributed by atoms with E-state index in [1.807, 2.05) is 11.8 Å². The summed E-state index contributed by atoms with van der Waals surface area (Å²) in [6.07, 6.45) is 6.55. The van der Waals surface area contributed by atoms with Crippen molar-refractivity contribution in [2.24, 2.45) is 4.99 Å². The molecule has 11 heteroatoms. The van der Waals surface area contributed by atoms with Crippen LogP contribution in [-0.4, -0.2) is 76.4 Å². The first-order valence-corrected chi connectivity index (χ1v) is 14.2. The molecule has 0 atom stereocenters. The van der Waals surface area contributed by atoms with E-state index < -0.39 is 23.6 Å². The van der Waals surface area contributed by atoms with Gasteiger partial charge in [-0.1, -0.05) is 30.0 Å². The quantitative estimate of drug-likeness (QED) is 0.281. The molecule has 0 aliphatic carbocycles. The molecule has 2 aliphatic rings. The molecule has 0 radical (unpaired) electrons. The first-order chi connectivity index (χ1) is 19.2. The van der Waals surface area contributed by atoms with E-state index in [4.69, 9.17) is 19.9 Å². The fraction of sp³-hybridized carbons (Fsp3) is 0.414. The second-order valence-electron chi connectivity index (χ2n) is 9.49. The number of aliphatic carboxylic acids is 2. The van der Waals surface area contributed by atoms with E-state index in [2.05, 4.69) is 41.1 Å². The zero-order valence-corrected chi connectivity index (χ0v) is 23.3. The van der Waals surface area contributed by atoms with Gasteiger partial charge in [0.05, 0.1) is 12.3 Å². The maximum absolute atomic E-state index is 13.2. The van der Waals surface area contributed by atoms with Gasteiger partial charge in [-0.15, -0.1) is 0 Å². The summed E-state index contributed by atoms with van der Waals surface area (Å²) >= 11 is 1.84. The van der Waals surface area contributed by atoms with Gasteiger partial charge in [-0.3, -0.25) is 0 Å². The van der Waals surface area contributed by atoms with Gasteiger partial charge in [-0.05, 0) is 62.4 Å². The Labute approximate surface area is 237 Å². The Bertz CT molecular complexity index is 1190. The molecule has 40 heavy (non-hydrogen) atoms. The van der Waals surface area contributed by atoms with Crippen molar-refractivity contribution in [3.05, 3.63) is 71.8 Å². The number of benzene rings is 2. The van der Waals surface area contributed by atoms with Crippen LogP contribution in [0.5, 0.6) is 5.75 Å². The topological polar surface area (TPSA) is 103 Å². The molecule has 0 unspecified atom stereocenters. The summed E-state index contributed by atoms with van der Waals surface area (Å²) in [7, 11) is 2.19. The highest BCUT2D eigenvalue weighted by atomic mass is 32.2. The number of aliphatic imine (C=N–C) groups is 1. The summed E-state index contributed by atoms with van der Waals surface area (Å²) in [6, 6.07) is 12.6. The fourth-order valence-electron chi connectivity index (χ4n) is 4.40. The van der Waals surface area contributed by atoms with Crippen LogP contribution in [0.15, 0.2) is 59.6 Å². The maximum atomic E-state index is 13.2. The van der Waals surface area contributed by atoms with Crippen molar-refractivity contribution in [3.8, 4) is 5.75 Å². The lowest BCUT2D eigenvalue weighted by Crippen LogP contribution is -2.45. The van der Waals surface area contributed by atoms with E-state index in [1.165, 1.54) is 11.6 Å². The van der Waals surface area contributed by atoms with Gasteiger partial charge in [0.15, 0.2) is 16.8 Å². The molecule has 0 aromatic heterocycles. The third-order valence-electron chi connectivity index (χ3n) is 6.62. The van der Waals surface area contributed by atoms with Crippen molar-refractivity contribution in [2.75, 3.05) is 33.3 Å². The largest absolute Gasteiger partial charge is 0.493 e. The van der Waals surface area contributed by atoms with Crippen LogP contribution in [0.2, 0.25) is 0 Å². The number of rotatable bonds is 10. The number of ether oxygens (including phenoxy) is 1. The zero-order valence-electron chi connectivity index (χ0n) is 22.5. The van der Waals surface area contributed by atoms with Crippen LogP contribution in [0.3, 0.4) is 0 Å². The van der Waals surface area contributed by atoms with Gasteiger partial charge in [-0.2, -0.15) is 0 Å². The number of hydrogen-bond acceptors (Lipinski definition) is 7. The third-order valence-corrected chi connectivity index (χ3v) is 7.71. The first kappa shape index (κ1) is 31.1. The lowest BCUT2D eigenvalue weighted by Gasteiger charge is -2.38. The first-order valence-electron chi connectivity index (χ1n) is 13.2. The third kappa shape index (κ3) is 10.3. The summed E-state index contributed by atoms with van der Waals surface area (Å²) in [5.74, 6) is -2.84. The molecule has 2 N–H and O–H groups in total. The molecule has 2 aliphatic heterocycles. The van der Waals surface area contributed by atoms with E-state index in [9.17, 15) is 18.4 Å².